The predicted molar refractivity (Wildman–Crippen MR) is 91.3 cm³/mol. The fourth-order valence-corrected chi connectivity index (χ4v) is 2.73. The van der Waals surface area contributed by atoms with Gasteiger partial charge >= 0.3 is 6.03 Å². The van der Waals surface area contributed by atoms with Crippen molar-refractivity contribution in [3.05, 3.63) is 58.0 Å². The van der Waals surface area contributed by atoms with E-state index in [-0.39, 0.29) is 11.6 Å². The van der Waals surface area contributed by atoms with E-state index >= 15 is 0 Å². The van der Waals surface area contributed by atoms with Gasteiger partial charge in [0.15, 0.2) is 0 Å². The fourth-order valence-electron chi connectivity index (χ4n) is 2.54. The Labute approximate surface area is 138 Å². The zero-order valence-electron chi connectivity index (χ0n) is 12.5. The van der Waals surface area contributed by atoms with Gasteiger partial charge < -0.3 is 20.1 Å². The molecule has 23 heavy (non-hydrogen) atoms. The summed E-state index contributed by atoms with van der Waals surface area (Å²) in [5.41, 5.74) is 1.53. The summed E-state index contributed by atoms with van der Waals surface area (Å²) in [6.45, 7) is 2.67. The van der Waals surface area contributed by atoms with Crippen LogP contribution in [0.25, 0.3) is 0 Å². The van der Waals surface area contributed by atoms with Crippen LogP contribution in [0, 0.1) is 0 Å². The maximum atomic E-state index is 12.3. The third-order valence-corrected chi connectivity index (χ3v) is 4.01. The van der Waals surface area contributed by atoms with Crippen molar-refractivity contribution >= 4 is 29.0 Å². The summed E-state index contributed by atoms with van der Waals surface area (Å²) in [6.07, 6.45) is 1.70. The molecule has 0 spiro atoms. The first kappa shape index (κ1) is 15.4. The SMILES string of the molecule is O=C(Nc1cccc(Cl)c1)N1CCN(c2ccc(=O)[nH]c2)CC1. The molecule has 1 saturated heterocycles. The van der Waals surface area contributed by atoms with Crippen molar-refractivity contribution in [2.24, 2.45) is 0 Å². The number of H-pyrrole nitrogens is 1. The maximum absolute atomic E-state index is 12.3. The molecule has 0 aliphatic carbocycles. The van der Waals surface area contributed by atoms with Gasteiger partial charge in [0.25, 0.3) is 0 Å². The number of piperazine rings is 1. The van der Waals surface area contributed by atoms with Gasteiger partial charge in [-0.2, -0.15) is 0 Å². The summed E-state index contributed by atoms with van der Waals surface area (Å²) < 4.78 is 0. The number of amides is 2. The minimum Gasteiger partial charge on any atom is -0.367 e. The van der Waals surface area contributed by atoms with Crippen molar-refractivity contribution in [3.63, 3.8) is 0 Å². The minimum absolute atomic E-state index is 0.117. The molecule has 1 aromatic carbocycles. The number of anilines is 2. The van der Waals surface area contributed by atoms with Crippen LogP contribution in [0.15, 0.2) is 47.4 Å². The molecule has 2 heterocycles. The number of aromatic amines is 1. The maximum Gasteiger partial charge on any atom is 0.321 e. The van der Waals surface area contributed by atoms with Gasteiger partial charge in [-0.15, -0.1) is 0 Å². The zero-order chi connectivity index (χ0) is 16.2. The van der Waals surface area contributed by atoms with E-state index in [1.807, 2.05) is 0 Å². The Morgan fingerprint density at radius 3 is 2.57 bits per heavy atom. The largest absolute Gasteiger partial charge is 0.367 e. The van der Waals surface area contributed by atoms with Crippen molar-refractivity contribution in [1.82, 2.24) is 9.88 Å². The Bertz CT molecular complexity index is 733. The monoisotopic (exact) mass is 332 g/mol. The molecule has 0 bridgehead atoms. The third kappa shape index (κ3) is 3.84. The van der Waals surface area contributed by atoms with Gasteiger partial charge in [-0.3, -0.25) is 4.79 Å². The molecule has 1 aromatic heterocycles. The van der Waals surface area contributed by atoms with E-state index in [2.05, 4.69) is 15.2 Å². The number of nitrogens with zero attached hydrogens (tertiary/aromatic N) is 2. The lowest BCUT2D eigenvalue weighted by Gasteiger charge is -2.35. The molecule has 1 aliphatic heterocycles. The van der Waals surface area contributed by atoms with Crippen molar-refractivity contribution < 1.29 is 4.79 Å². The molecule has 3 rings (SSSR count). The number of carbonyl (C=O) groups is 1. The summed E-state index contributed by atoms with van der Waals surface area (Å²) in [6, 6.07) is 10.3. The molecule has 0 saturated carbocycles. The molecule has 2 N–H and O–H groups in total. The molecule has 2 aromatic rings. The van der Waals surface area contributed by atoms with Crippen LogP contribution >= 0.6 is 11.6 Å². The number of carbonyl (C=O) groups excluding carboxylic acids is 1. The van der Waals surface area contributed by atoms with Crippen LogP contribution in [0.2, 0.25) is 5.02 Å². The normalized spacial score (nSPS) is 14.7. The van der Waals surface area contributed by atoms with Crippen LogP contribution in [-0.4, -0.2) is 42.1 Å². The van der Waals surface area contributed by atoms with Gasteiger partial charge in [0, 0.05) is 49.2 Å². The second kappa shape index (κ2) is 6.75. The van der Waals surface area contributed by atoms with Gasteiger partial charge in [0.2, 0.25) is 5.56 Å². The number of halogens is 1. The lowest BCUT2D eigenvalue weighted by Crippen LogP contribution is -2.50. The van der Waals surface area contributed by atoms with E-state index in [4.69, 9.17) is 11.6 Å². The molecule has 1 aliphatic rings. The van der Waals surface area contributed by atoms with Crippen molar-refractivity contribution in [2.45, 2.75) is 0 Å². The first-order valence-electron chi connectivity index (χ1n) is 7.37. The zero-order valence-corrected chi connectivity index (χ0v) is 13.2. The number of pyridine rings is 1. The Morgan fingerprint density at radius 1 is 1.13 bits per heavy atom. The summed E-state index contributed by atoms with van der Waals surface area (Å²) >= 11 is 5.92. The molecule has 0 atom stereocenters. The molecule has 120 valence electrons. The molecular weight excluding hydrogens is 316 g/mol. The quantitative estimate of drug-likeness (QED) is 0.887. The van der Waals surface area contributed by atoms with Crippen LogP contribution in [0.1, 0.15) is 0 Å². The fraction of sp³-hybridized carbons (Fsp3) is 0.250. The van der Waals surface area contributed by atoms with E-state index in [1.54, 1.807) is 41.4 Å². The van der Waals surface area contributed by atoms with Crippen LogP contribution in [0.5, 0.6) is 0 Å². The van der Waals surface area contributed by atoms with Crippen molar-refractivity contribution in [1.29, 1.82) is 0 Å². The Kier molecular flexibility index (Phi) is 4.52. The molecule has 0 radical (unpaired) electrons. The van der Waals surface area contributed by atoms with Gasteiger partial charge in [0.05, 0.1) is 5.69 Å². The summed E-state index contributed by atoms with van der Waals surface area (Å²) in [5.74, 6) is 0. The molecule has 1 fully saturated rings. The number of benzene rings is 1. The van der Waals surface area contributed by atoms with Crippen LogP contribution in [0.4, 0.5) is 16.2 Å². The van der Waals surface area contributed by atoms with E-state index in [1.165, 1.54) is 6.07 Å². The minimum atomic E-state index is -0.131. The summed E-state index contributed by atoms with van der Waals surface area (Å²) in [4.78, 5) is 29.9. The highest BCUT2D eigenvalue weighted by molar-refractivity contribution is 6.30. The van der Waals surface area contributed by atoms with E-state index in [0.717, 1.165) is 18.8 Å². The second-order valence-corrected chi connectivity index (χ2v) is 5.76. The van der Waals surface area contributed by atoms with Crippen molar-refractivity contribution in [2.75, 3.05) is 36.4 Å². The Hall–Kier alpha value is -2.47. The standard InChI is InChI=1S/C16H17ClN4O2/c17-12-2-1-3-13(10-12)19-16(23)21-8-6-20(7-9-21)14-4-5-15(22)18-11-14/h1-5,10-11H,6-9H2,(H,18,22)(H,19,23). The topological polar surface area (TPSA) is 68.4 Å². The highest BCUT2D eigenvalue weighted by atomic mass is 35.5. The summed E-state index contributed by atoms with van der Waals surface area (Å²) in [5, 5.41) is 3.44. The summed E-state index contributed by atoms with van der Waals surface area (Å²) in [7, 11) is 0. The van der Waals surface area contributed by atoms with Gasteiger partial charge in [-0.25, -0.2) is 4.79 Å². The van der Waals surface area contributed by atoms with Crippen molar-refractivity contribution in [3.8, 4) is 0 Å². The molecule has 2 amide bonds. The average Bonchev–Trinajstić information content (AvgIpc) is 2.56. The number of hydrogen-bond donors (Lipinski definition) is 2. The predicted octanol–water partition coefficient (Wildman–Crippen LogP) is 2.38. The first-order valence-corrected chi connectivity index (χ1v) is 7.75. The number of urea groups is 1. The third-order valence-electron chi connectivity index (χ3n) is 3.78. The Balaban J connectivity index is 1.57. The highest BCUT2D eigenvalue weighted by Crippen LogP contribution is 2.17. The lowest BCUT2D eigenvalue weighted by atomic mass is 10.3. The molecule has 6 nitrogen and oxygen atoms in total. The number of rotatable bonds is 2. The van der Waals surface area contributed by atoms with Gasteiger partial charge in [-0.05, 0) is 24.3 Å². The number of aromatic nitrogens is 1. The first-order chi connectivity index (χ1) is 11.1. The van der Waals surface area contributed by atoms with E-state index < -0.39 is 0 Å². The lowest BCUT2D eigenvalue weighted by molar-refractivity contribution is 0.208. The number of hydrogen-bond acceptors (Lipinski definition) is 3. The van der Waals surface area contributed by atoms with Gasteiger partial charge in [0.1, 0.15) is 0 Å². The number of nitrogens with one attached hydrogen (secondary N) is 2. The van der Waals surface area contributed by atoms with E-state index in [0.29, 0.717) is 23.8 Å². The molecular formula is C16H17ClN4O2. The van der Waals surface area contributed by atoms with Gasteiger partial charge in [-0.1, -0.05) is 17.7 Å². The smallest absolute Gasteiger partial charge is 0.321 e. The second-order valence-electron chi connectivity index (χ2n) is 5.33. The molecule has 0 unspecified atom stereocenters. The van der Waals surface area contributed by atoms with Crippen LogP contribution in [-0.2, 0) is 0 Å². The Morgan fingerprint density at radius 2 is 1.91 bits per heavy atom. The van der Waals surface area contributed by atoms with Crippen LogP contribution < -0.4 is 15.8 Å². The van der Waals surface area contributed by atoms with E-state index in [9.17, 15) is 9.59 Å². The highest BCUT2D eigenvalue weighted by Gasteiger charge is 2.21. The average molecular weight is 333 g/mol. The van der Waals surface area contributed by atoms with Crippen LogP contribution in [0.3, 0.4) is 0 Å². The molecule has 7 heteroatoms.